The van der Waals surface area contributed by atoms with Crippen molar-refractivity contribution in [2.24, 2.45) is 0 Å². The van der Waals surface area contributed by atoms with Gasteiger partial charge in [-0.1, -0.05) is 182 Å². The van der Waals surface area contributed by atoms with E-state index in [4.69, 9.17) is 23.8 Å². The number of hydrogen-bond donors (Lipinski definition) is 0. The van der Waals surface area contributed by atoms with Gasteiger partial charge in [-0.15, -0.1) is 0 Å². The predicted octanol–water partition coefficient (Wildman–Crippen LogP) is 16.3. The Morgan fingerprint density at radius 1 is 0.464 bits per heavy atom. The lowest BCUT2D eigenvalue weighted by Crippen LogP contribution is -2.27. The van der Waals surface area contributed by atoms with Gasteiger partial charge in [0.05, 0.1) is 11.7 Å². The summed E-state index contributed by atoms with van der Waals surface area (Å²) < 4.78 is 13.8. The van der Waals surface area contributed by atoms with Crippen molar-refractivity contribution >= 4 is 66.4 Å². The van der Waals surface area contributed by atoms with E-state index in [9.17, 15) is 0 Å². The van der Waals surface area contributed by atoms with Crippen molar-refractivity contribution in [1.82, 2.24) is 15.0 Å². The Balaban J connectivity index is 0.884. The lowest BCUT2D eigenvalue weighted by Gasteiger charge is -2.29. The van der Waals surface area contributed by atoms with E-state index in [2.05, 4.69) is 181 Å². The number of nitrogens with zero attached hydrogens (tertiary/aromatic N) is 4. The number of anilines is 2. The molecule has 8 aromatic carbocycles. The molecule has 4 heterocycles. The Morgan fingerprint density at radius 2 is 1.13 bits per heavy atom. The van der Waals surface area contributed by atoms with E-state index < -0.39 is 0 Å². The Hall–Kier alpha value is -8.87. The van der Waals surface area contributed by atoms with Gasteiger partial charge in [-0.2, -0.15) is 0 Å². The van der Waals surface area contributed by atoms with Gasteiger partial charge in [-0.3, -0.25) is 0 Å². The minimum absolute atomic E-state index is 0.144. The van der Waals surface area contributed by atoms with Crippen molar-refractivity contribution in [3.8, 4) is 45.3 Å². The lowest BCUT2D eigenvalue weighted by atomic mass is 9.89. The van der Waals surface area contributed by atoms with Crippen LogP contribution < -0.4 is 4.90 Å². The molecule has 0 bridgehead atoms. The highest BCUT2D eigenvalue weighted by Gasteiger charge is 2.37. The molecule has 3 aromatic heterocycles. The number of allylic oxidation sites excluding steroid dienone is 6. The standard InChI is InChI=1S/C63H42N4O2/c1-4-15-39(16-5-1)41-29-31-43(32-30-41)62-64-61(42-19-8-3-9-20-42)65-63(66-62)50-25-14-28-57-58(50)52-38-45(34-36-56(52)68-57)46-22-12-23-48-49-24-13-27-55(60(49)69-59(46)48)67-53-26-11-10-21-47(53)51-37-44(33-35-54(51)67)40-17-6-2-7-18-40/h1-15,17-34,36-39,54H,16,35H2. The first kappa shape index (κ1) is 39.3. The second kappa shape index (κ2) is 15.9. The maximum atomic E-state index is 7.16. The van der Waals surface area contributed by atoms with Gasteiger partial charge >= 0.3 is 0 Å². The van der Waals surface area contributed by atoms with Gasteiger partial charge in [0, 0.05) is 61.0 Å². The monoisotopic (exact) mass is 886 g/mol. The number of benzene rings is 8. The van der Waals surface area contributed by atoms with E-state index in [1.54, 1.807) is 0 Å². The largest absolute Gasteiger partial charge is 0.456 e. The maximum Gasteiger partial charge on any atom is 0.164 e. The first-order valence-corrected chi connectivity index (χ1v) is 23.7. The molecule has 2 aliphatic carbocycles. The molecule has 2 atom stereocenters. The van der Waals surface area contributed by atoms with Crippen molar-refractivity contribution in [2.75, 3.05) is 4.90 Å². The molecule has 0 amide bonds. The molecule has 0 fully saturated rings. The third-order valence-electron chi connectivity index (χ3n) is 14.2. The number of para-hydroxylation sites is 3. The molecular formula is C63H42N4O2. The minimum Gasteiger partial charge on any atom is -0.456 e. The smallest absolute Gasteiger partial charge is 0.164 e. The summed E-state index contributed by atoms with van der Waals surface area (Å²) in [5, 5.41) is 4.09. The van der Waals surface area contributed by atoms with E-state index in [1.165, 1.54) is 33.5 Å². The summed E-state index contributed by atoms with van der Waals surface area (Å²) in [6.07, 6.45) is 15.4. The molecule has 69 heavy (non-hydrogen) atoms. The van der Waals surface area contributed by atoms with Crippen LogP contribution in [0.3, 0.4) is 0 Å². The number of fused-ring (bicyclic) bond motifs is 9. The summed E-state index contributed by atoms with van der Waals surface area (Å²) in [6.45, 7) is 0. The fourth-order valence-electron chi connectivity index (χ4n) is 10.9. The van der Waals surface area contributed by atoms with Crippen molar-refractivity contribution in [1.29, 1.82) is 0 Å². The number of rotatable bonds is 7. The molecule has 11 aromatic rings. The van der Waals surface area contributed by atoms with Gasteiger partial charge in [0.25, 0.3) is 0 Å². The van der Waals surface area contributed by atoms with Crippen LogP contribution in [0.2, 0.25) is 0 Å². The van der Waals surface area contributed by atoms with Crippen LogP contribution in [-0.4, -0.2) is 21.0 Å². The van der Waals surface area contributed by atoms with Gasteiger partial charge < -0.3 is 13.7 Å². The maximum absolute atomic E-state index is 7.16. The van der Waals surface area contributed by atoms with Crippen LogP contribution in [-0.2, 0) is 0 Å². The summed E-state index contributed by atoms with van der Waals surface area (Å²) in [4.78, 5) is 17.9. The zero-order valence-corrected chi connectivity index (χ0v) is 37.5. The van der Waals surface area contributed by atoms with Crippen LogP contribution in [0.4, 0.5) is 11.4 Å². The molecular weight excluding hydrogens is 845 g/mol. The second-order valence-electron chi connectivity index (χ2n) is 18.1. The zero-order valence-electron chi connectivity index (χ0n) is 37.5. The van der Waals surface area contributed by atoms with E-state index in [1.807, 2.05) is 42.5 Å². The molecule has 0 spiro atoms. The normalized spacial score (nSPS) is 16.3. The summed E-state index contributed by atoms with van der Waals surface area (Å²) in [6, 6.07) is 64.0. The van der Waals surface area contributed by atoms with Gasteiger partial charge in [0.15, 0.2) is 23.1 Å². The molecule has 2 unspecified atom stereocenters. The SMILES string of the molecule is C1=CCC(c2ccc(-c3nc(-c4ccccc4)nc(-c4cccc5oc6ccc(-c7cccc8c7oc7c(N9c%10ccccc%10C%10=CC(c%11ccccc%11)=CCC%109)cccc78)cc6c45)n3)cc2)C=C1. The fourth-order valence-corrected chi connectivity index (χ4v) is 10.9. The van der Waals surface area contributed by atoms with Crippen LogP contribution >= 0.6 is 0 Å². The van der Waals surface area contributed by atoms with E-state index in [0.29, 0.717) is 23.4 Å². The highest BCUT2D eigenvalue weighted by Crippen LogP contribution is 2.52. The quantitative estimate of drug-likeness (QED) is 0.159. The summed E-state index contributed by atoms with van der Waals surface area (Å²) in [7, 11) is 0. The second-order valence-corrected chi connectivity index (χ2v) is 18.1. The third kappa shape index (κ3) is 6.51. The van der Waals surface area contributed by atoms with Crippen molar-refractivity contribution in [2.45, 2.75) is 24.8 Å². The van der Waals surface area contributed by atoms with Crippen LogP contribution in [0.5, 0.6) is 0 Å². The van der Waals surface area contributed by atoms with E-state index in [0.717, 1.165) is 90.2 Å². The van der Waals surface area contributed by atoms with Crippen LogP contribution in [0.1, 0.15) is 35.4 Å². The van der Waals surface area contributed by atoms with Crippen molar-refractivity contribution < 1.29 is 8.83 Å². The molecule has 6 nitrogen and oxygen atoms in total. The average molecular weight is 887 g/mol. The van der Waals surface area contributed by atoms with Gasteiger partial charge in [0.1, 0.15) is 16.7 Å². The molecule has 0 N–H and O–H groups in total. The van der Waals surface area contributed by atoms with E-state index in [-0.39, 0.29) is 6.04 Å². The molecule has 3 aliphatic rings. The first-order valence-electron chi connectivity index (χ1n) is 23.7. The Bertz CT molecular complexity index is 3970. The third-order valence-corrected chi connectivity index (χ3v) is 14.2. The van der Waals surface area contributed by atoms with Crippen LogP contribution in [0.15, 0.2) is 227 Å². The Kier molecular flexibility index (Phi) is 9.05. The molecule has 1 aliphatic heterocycles. The van der Waals surface area contributed by atoms with Crippen LogP contribution in [0, 0.1) is 0 Å². The van der Waals surface area contributed by atoms with Gasteiger partial charge in [-0.05, 0) is 77.1 Å². The van der Waals surface area contributed by atoms with E-state index >= 15 is 0 Å². The average Bonchev–Trinajstić information content (AvgIpc) is 4.11. The fraction of sp³-hybridized carbons (Fsp3) is 0.0635. The van der Waals surface area contributed by atoms with Gasteiger partial charge in [-0.25, -0.2) is 15.0 Å². The lowest BCUT2D eigenvalue weighted by molar-refractivity contribution is 0.666. The molecule has 0 saturated heterocycles. The molecule has 6 heteroatoms. The summed E-state index contributed by atoms with van der Waals surface area (Å²) in [5.41, 5.74) is 16.7. The Morgan fingerprint density at radius 3 is 1.94 bits per heavy atom. The predicted molar refractivity (Wildman–Crippen MR) is 281 cm³/mol. The topological polar surface area (TPSA) is 68.2 Å². The van der Waals surface area contributed by atoms with Gasteiger partial charge in [0.2, 0.25) is 0 Å². The first-order chi connectivity index (χ1) is 34.2. The summed E-state index contributed by atoms with van der Waals surface area (Å²) in [5.74, 6) is 2.17. The molecule has 0 saturated carbocycles. The number of aromatic nitrogens is 3. The van der Waals surface area contributed by atoms with Crippen LogP contribution in [0.25, 0.3) is 100 Å². The number of furan rings is 2. The summed E-state index contributed by atoms with van der Waals surface area (Å²) >= 11 is 0. The van der Waals surface area contributed by atoms with Crippen molar-refractivity contribution in [3.05, 3.63) is 235 Å². The highest BCUT2D eigenvalue weighted by atomic mass is 16.3. The highest BCUT2D eigenvalue weighted by molar-refractivity contribution is 6.16. The minimum atomic E-state index is 0.144. The van der Waals surface area contributed by atoms with Crippen molar-refractivity contribution in [3.63, 3.8) is 0 Å². The zero-order chi connectivity index (χ0) is 45.4. The Labute approximate surface area is 398 Å². The molecule has 14 rings (SSSR count). The number of hydrogen-bond acceptors (Lipinski definition) is 6. The molecule has 326 valence electrons. The molecule has 0 radical (unpaired) electrons.